The number of carbonyl (C=O) groups excluding carboxylic acids is 1. The minimum absolute atomic E-state index is 0.0158. The largest absolute Gasteiger partial charge is 0.341 e. The van der Waals surface area contributed by atoms with E-state index in [2.05, 4.69) is 0 Å². The molecule has 8 heteroatoms. The topological polar surface area (TPSA) is 57.7 Å². The van der Waals surface area contributed by atoms with Crippen molar-refractivity contribution in [1.82, 2.24) is 9.21 Å². The number of thiophene rings is 1. The van der Waals surface area contributed by atoms with Gasteiger partial charge in [0.15, 0.2) is 0 Å². The number of carbonyl (C=O) groups is 1. The number of thioether (sulfide) groups is 1. The number of rotatable bonds is 3. The Kier molecular flexibility index (Phi) is 5.11. The highest BCUT2D eigenvalue weighted by Crippen LogP contribution is 2.27. The average Bonchev–Trinajstić information content (AvgIpc) is 3.10. The molecule has 0 saturated carbocycles. The van der Waals surface area contributed by atoms with Gasteiger partial charge < -0.3 is 4.90 Å². The number of hydrogen-bond donors (Lipinski definition) is 0. The van der Waals surface area contributed by atoms with Crippen LogP contribution in [-0.2, 0) is 14.8 Å². The molecule has 0 N–H and O–H groups in total. The Labute approximate surface area is 139 Å². The van der Waals surface area contributed by atoms with E-state index in [1.807, 2.05) is 16.7 Å². The molecule has 122 valence electrons. The summed E-state index contributed by atoms with van der Waals surface area (Å²) in [6, 6.07) is 3.39. The van der Waals surface area contributed by atoms with Crippen LogP contribution in [0.1, 0.15) is 12.8 Å². The first-order valence-corrected chi connectivity index (χ1v) is 11.0. The molecule has 2 aliphatic heterocycles. The molecular formula is C14H20N2O3S3. The molecule has 0 aliphatic carbocycles. The van der Waals surface area contributed by atoms with Crippen LogP contribution in [0.4, 0.5) is 0 Å². The quantitative estimate of drug-likeness (QED) is 0.824. The molecule has 22 heavy (non-hydrogen) atoms. The first-order valence-electron chi connectivity index (χ1n) is 7.49. The molecule has 0 bridgehead atoms. The predicted octanol–water partition coefficient (Wildman–Crippen LogP) is 1.72. The number of hydrogen-bond acceptors (Lipinski definition) is 5. The summed E-state index contributed by atoms with van der Waals surface area (Å²) < 4.78 is 26.8. The molecule has 2 saturated heterocycles. The molecule has 3 rings (SSSR count). The lowest BCUT2D eigenvalue weighted by Crippen LogP contribution is -2.46. The third-order valence-electron chi connectivity index (χ3n) is 4.22. The van der Waals surface area contributed by atoms with Crippen molar-refractivity contribution in [1.29, 1.82) is 0 Å². The Morgan fingerprint density at radius 1 is 1.14 bits per heavy atom. The fourth-order valence-corrected chi connectivity index (χ4v) is 6.44. The number of nitrogens with zero attached hydrogens (tertiary/aromatic N) is 2. The smallest absolute Gasteiger partial charge is 0.252 e. The zero-order valence-corrected chi connectivity index (χ0v) is 14.8. The van der Waals surface area contributed by atoms with Crippen LogP contribution in [0.5, 0.6) is 0 Å². The van der Waals surface area contributed by atoms with Gasteiger partial charge >= 0.3 is 0 Å². The molecule has 0 aromatic carbocycles. The summed E-state index contributed by atoms with van der Waals surface area (Å²) in [7, 11) is -3.37. The highest BCUT2D eigenvalue weighted by atomic mass is 32.2. The fraction of sp³-hybridized carbons (Fsp3) is 0.643. The molecule has 0 spiro atoms. The van der Waals surface area contributed by atoms with Crippen molar-refractivity contribution >= 4 is 39.0 Å². The summed E-state index contributed by atoms with van der Waals surface area (Å²) in [4.78, 5) is 14.4. The molecule has 1 aromatic rings. The van der Waals surface area contributed by atoms with Crippen LogP contribution in [0.25, 0.3) is 0 Å². The van der Waals surface area contributed by atoms with Crippen LogP contribution in [0.15, 0.2) is 21.7 Å². The van der Waals surface area contributed by atoms with Gasteiger partial charge in [-0.1, -0.05) is 6.07 Å². The second-order valence-electron chi connectivity index (χ2n) is 5.55. The summed E-state index contributed by atoms with van der Waals surface area (Å²) in [5.41, 5.74) is 0. The molecule has 0 atom stereocenters. The maximum absolute atomic E-state index is 12.5. The van der Waals surface area contributed by atoms with Gasteiger partial charge in [-0.3, -0.25) is 4.79 Å². The van der Waals surface area contributed by atoms with E-state index < -0.39 is 10.0 Å². The summed E-state index contributed by atoms with van der Waals surface area (Å²) in [6.45, 7) is 2.55. The molecule has 0 unspecified atom stereocenters. The van der Waals surface area contributed by atoms with E-state index in [-0.39, 0.29) is 11.8 Å². The summed E-state index contributed by atoms with van der Waals surface area (Å²) in [5, 5.41) is 1.78. The van der Waals surface area contributed by atoms with Crippen molar-refractivity contribution in [2.45, 2.75) is 17.1 Å². The fourth-order valence-electron chi connectivity index (χ4n) is 2.92. The van der Waals surface area contributed by atoms with Crippen molar-refractivity contribution in [2.75, 3.05) is 37.7 Å². The minimum Gasteiger partial charge on any atom is -0.341 e. The van der Waals surface area contributed by atoms with Crippen molar-refractivity contribution in [3.05, 3.63) is 17.5 Å². The van der Waals surface area contributed by atoms with Crippen molar-refractivity contribution in [3.8, 4) is 0 Å². The Bertz CT molecular complexity index is 601. The van der Waals surface area contributed by atoms with Crippen molar-refractivity contribution in [2.24, 2.45) is 5.92 Å². The highest BCUT2D eigenvalue weighted by Gasteiger charge is 2.34. The first kappa shape index (κ1) is 16.3. The van der Waals surface area contributed by atoms with Gasteiger partial charge in [0.2, 0.25) is 5.91 Å². The highest BCUT2D eigenvalue weighted by molar-refractivity contribution is 7.99. The summed E-state index contributed by atoms with van der Waals surface area (Å²) >= 11 is 3.13. The molecule has 2 fully saturated rings. The summed E-state index contributed by atoms with van der Waals surface area (Å²) in [6.07, 6.45) is 1.26. The van der Waals surface area contributed by atoms with Gasteiger partial charge in [0.05, 0.1) is 0 Å². The van der Waals surface area contributed by atoms with Gasteiger partial charge in [0.1, 0.15) is 4.21 Å². The van der Waals surface area contributed by atoms with E-state index in [9.17, 15) is 13.2 Å². The molecular weight excluding hydrogens is 340 g/mol. The van der Waals surface area contributed by atoms with Gasteiger partial charge in [-0.25, -0.2) is 8.42 Å². The van der Waals surface area contributed by atoms with E-state index >= 15 is 0 Å². The van der Waals surface area contributed by atoms with Crippen LogP contribution < -0.4 is 0 Å². The van der Waals surface area contributed by atoms with Gasteiger partial charge in [-0.05, 0) is 24.3 Å². The van der Waals surface area contributed by atoms with Gasteiger partial charge in [-0.15, -0.1) is 11.3 Å². The van der Waals surface area contributed by atoms with Crippen LogP contribution in [0.3, 0.4) is 0 Å². The Morgan fingerprint density at radius 2 is 1.82 bits per heavy atom. The number of piperidine rings is 1. The van der Waals surface area contributed by atoms with Gasteiger partial charge in [0, 0.05) is 43.6 Å². The molecule has 1 aromatic heterocycles. The lowest BCUT2D eigenvalue weighted by molar-refractivity contribution is -0.136. The van der Waals surface area contributed by atoms with Gasteiger partial charge in [0.25, 0.3) is 10.0 Å². The third-order valence-corrected chi connectivity index (χ3v) is 8.43. The molecule has 2 aliphatic rings. The average molecular weight is 361 g/mol. The zero-order valence-electron chi connectivity index (χ0n) is 12.3. The third kappa shape index (κ3) is 3.34. The van der Waals surface area contributed by atoms with Crippen LogP contribution >= 0.6 is 23.1 Å². The molecule has 0 radical (unpaired) electrons. The SMILES string of the molecule is O=C(C1CCN(S(=O)(=O)c2cccs2)CC1)N1CCSCC1. The molecule has 1 amide bonds. The van der Waals surface area contributed by atoms with E-state index in [1.54, 1.807) is 17.5 Å². The zero-order chi connectivity index (χ0) is 15.6. The van der Waals surface area contributed by atoms with E-state index in [4.69, 9.17) is 0 Å². The van der Waals surface area contributed by atoms with E-state index in [1.165, 1.54) is 15.6 Å². The maximum atomic E-state index is 12.5. The normalized spacial score (nSPS) is 21.9. The predicted molar refractivity (Wildman–Crippen MR) is 89.7 cm³/mol. The number of amides is 1. The standard InChI is InChI=1S/C14H20N2O3S3/c17-14(15-7-10-20-11-8-15)12-3-5-16(6-4-12)22(18,19)13-2-1-9-21-13/h1-2,9,12H,3-8,10-11H2. The first-order chi connectivity index (χ1) is 10.6. The summed E-state index contributed by atoms with van der Waals surface area (Å²) in [5.74, 6) is 2.22. The minimum atomic E-state index is -3.37. The van der Waals surface area contributed by atoms with E-state index in [0.717, 1.165) is 24.6 Å². The van der Waals surface area contributed by atoms with Crippen molar-refractivity contribution < 1.29 is 13.2 Å². The Hall–Kier alpha value is -0.570. The van der Waals surface area contributed by atoms with Crippen molar-refractivity contribution in [3.63, 3.8) is 0 Å². The van der Waals surface area contributed by atoms with Gasteiger partial charge in [-0.2, -0.15) is 16.1 Å². The van der Waals surface area contributed by atoms with Crippen LogP contribution in [-0.4, -0.2) is 61.2 Å². The molecule has 3 heterocycles. The van der Waals surface area contributed by atoms with E-state index in [0.29, 0.717) is 30.1 Å². The lowest BCUT2D eigenvalue weighted by Gasteiger charge is -2.34. The maximum Gasteiger partial charge on any atom is 0.252 e. The van der Waals surface area contributed by atoms with Crippen LogP contribution in [0.2, 0.25) is 0 Å². The number of sulfonamides is 1. The Balaban J connectivity index is 1.59. The molecule has 5 nitrogen and oxygen atoms in total. The second-order valence-corrected chi connectivity index (χ2v) is 9.89. The van der Waals surface area contributed by atoms with Crippen LogP contribution in [0, 0.1) is 5.92 Å². The second kappa shape index (κ2) is 6.90. The lowest BCUT2D eigenvalue weighted by atomic mass is 9.96. The monoisotopic (exact) mass is 360 g/mol. The Morgan fingerprint density at radius 3 is 2.41 bits per heavy atom.